The molecule has 1 aromatic carbocycles. The van der Waals surface area contributed by atoms with Gasteiger partial charge >= 0.3 is 6.03 Å². The van der Waals surface area contributed by atoms with E-state index < -0.39 is 11.9 Å². The van der Waals surface area contributed by atoms with Crippen LogP contribution in [0.25, 0.3) is 0 Å². The minimum absolute atomic E-state index is 0.00430. The molecule has 22 heavy (non-hydrogen) atoms. The fourth-order valence-corrected chi connectivity index (χ4v) is 3.56. The summed E-state index contributed by atoms with van der Waals surface area (Å²) in [6.45, 7) is 0.214. The van der Waals surface area contributed by atoms with E-state index in [9.17, 15) is 14.4 Å². The van der Waals surface area contributed by atoms with E-state index in [0.717, 1.165) is 19.3 Å². The first-order valence-corrected chi connectivity index (χ1v) is 7.48. The average Bonchev–Trinajstić information content (AvgIpc) is 3.08. The zero-order valence-electron chi connectivity index (χ0n) is 12.2. The smallest absolute Gasteiger partial charge is 0.318 e. The number of carbonyl (C=O) groups is 3. The molecule has 2 aliphatic carbocycles. The molecule has 6 nitrogen and oxygen atoms in total. The summed E-state index contributed by atoms with van der Waals surface area (Å²) < 4.78 is 0. The second kappa shape index (κ2) is 5.44. The highest BCUT2D eigenvalue weighted by Gasteiger charge is 2.61. The zero-order chi connectivity index (χ0) is 15.7. The molecule has 0 saturated heterocycles. The van der Waals surface area contributed by atoms with Gasteiger partial charge in [0.2, 0.25) is 11.8 Å². The summed E-state index contributed by atoms with van der Waals surface area (Å²) in [6, 6.07) is 7.43. The van der Waals surface area contributed by atoms with Crippen LogP contribution in [0.5, 0.6) is 0 Å². The standard InChI is InChI=1S/C16H19N3O3/c17-15(22)19-13(20)6-8-18-14(21)12-9-16(12)7-5-10-3-1-2-4-11(10)16/h1-4,12H,5-9H2,(H,18,21)(H3,17,19,20,22)/t12-,16+/m1/s1. The Morgan fingerprint density at radius 2 is 2.05 bits per heavy atom. The average molecular weight is 301 g/mol. The van der Waals surface area contributed by atoms with Crippen LogP contribution >= 0.6 is 0 Å². The lowest BCUT2D eigenvalue weighted by Crippen LogP contribution is -2.37. The second-order valence-corrected chi connectivity index (χ2v) is 6.02. The van der Waals surface area contributed by atoms with Crippen LogP contribution in [0, 0.1) is 5.92 Å². The number of benzene rings is 1. The van der Waals surface area contributed by atoms with Gasteiger partial charge in [-0.3, -0.25) is 14.9 Å². The second-order valence-electron chi connectivity index (χ2n) is 6.02. The molecule has 0 bridgehead atoms. The molecule has 0 heterocycles. The molecule has 1 saturated carbocycles. The molecular weight excluding hydrogens is 282 g/mol. The molecule has 6 heteroatoms. The van der Waals surface area contributed by atoms with Crippen molar-refractivity contribution >= 4 is 17.8 Å². The van der Waals surface area contributed by atoms with E-state index in [4.69, 9.17) is 5.73 Å². The van der Waals surface area contributed by atoms with E-state index in [0.29, 0.717) is 0 Å². The number of primary amides is 1. The van der Waals surface area contributed by atoms with Crippen molar-refractivity contribution in [3.8, 4) is 0 Å². The first-order chi connectivity index (χ1) is 10.5. The Hall–Kier alpha value is -2.37. The number of aryl methyl sites for hydroxylation is 1. The molecule has 1 fully saturated rings. The number of fused-ring (bicyclic) bond motifs is 2. The summed E-state index contributed by atoms with van der Waals surface area (Å²) in [6.07, 6.45) is 2.97. The molecule has 3 rings (SSSR count). The van der Waals surface area contributed by atoms with E-state index in [1.807, 2.05) is 17.4 Å². The van der Waals surface area contributed by atoms with Crippen molar-refractivity contribution in [2.24, 2.45) is 11.7 Å². The minimum Gasteiger partial charge on any atom is -0.355 e. The van der Waals surface area contributed by atoms with Crippen molar-refractivity contribution in [3.63, 3.8) is 0 Å². The largest absolute Gasteiger partial charge is 0.355 e. The molecule has 1 spiro atoms. The van der Waals surface area contributed by atoms with Crippen LogP contribution < -0.4 is 16.4 Å². The van der Waals surface area contributed by atoms with E-state index in [-0.39, 0.29) is 30.2 Å². The Morgan fingerprint density at radius 3 is 2.82 bits per heavy atom. The zero-order valence-corrected chi connectivity index (χ0v) is 12.2. The molecule has 0 aromatic heterocycles. The van der Waals surface area contributed by atoms with Crippen LogP contribution in [0.4, 0.5) is 4.79 Å². The number of amides is 4. The van der Waals surface area contributed by atoms with E-state index in [1.165, 1.54) is 11.1 Å². The van der Waals surface area contributed by atoms with Gasteiger partial charge in [-0.05, 0) is 30.4 Å². The van der Waals surface area contributed by atoms with Gasteiger partial charge in [-0.2, -0.15) is 0 Å². The maximum Gasteiger partial charge on any atom is 0.318 e. The SMILES string of the molecule is NC(=O)NC(=O)CCNC(=O)[C@H]1C[C@]12CCc1ccccc12. The molecule has 2 atom stereocenters. The number of carbonyl (C=O) groups excluding carboxylic acids is 3. The monoisotopic (exact) mass is 301 g/mol. The van der Waals surface area contributed by atoms with Crippen LogP contribution in [-0.2, 0) is 21.4 Å². The van der Waals surface area contributed by atoms with Gasteiger partial charge in [0.25, 0.3) is 0 Å². The Labute approximate surface area is 128 Å². The normalized spacial score (nSPS) is 24.6. The summed E-state index contributed by atoms with van der Waals surface area (Å²) in [5.74, 6) is -0.497. The number of imide groups is 1. The summed E-state index contributed by atoms with van der Waals surface area (Å²) >= 11 is 0. The molecule has 0 unspecified atom stereocenters. The fraction of sp³-hybridized carbons (Fsp3) is 0.438. The van der Waals surface area contributed by atoms with Gasteiger partial charge in [0, 0.05) is 24.3 Å². The van der Waals surface area contributed by atoms with Gasteiger partial charge in [0.1, 0.15) is 0 Å². The number of rotatable bonds is 4. The summed E-state index contributed by atoms with van der Waals surface area (Å²) in [5.41, 5.74) is 7.51. The van der Waals surface area contributed by atoms with Crippen molar-refractivity contribution in [2.45, 2.75) is 31.1 Å². The number of hydrogen-bond donors (Lipinski definition) is 3. The molecule has 0 aliphatic heterocycles. The lowest BCUT2D eigenvalue weighted by atomic mass is 9.95. The third-order valence-corrected chi connectivity index (χ3v) is 4.70. The maximum absolute atomic E-state index is 12.2. The molecular formula is C16H19N3O3. The van der Waals surface area contributed by atoms with Gasteiger partial charge < -0.3 is 11.1 Å². The van der Waals surface area contributed by atoms with Crippen molar-refractivity contribution < 1.29 is 14.4 Å². The van der Waals surface area contributed by atoms with Crippen molar-refractivity contribution in [1.29, 1.82) is 0 Å². The highest BCUT2D eigenvalue weighted by Crippen LogP contribution is 2.61. The lowest BCUT2D eigenvalue weighted by molar-refractivity contribution is -0.123. The first kappa shape index (κ1) is 14.6. The van der Waals surface area contributed by atoms with E-state index in [1.54, 1.807) is 0 Å². The van der Waals surface area contributed by atoms with Crippen LogP contribution in [0.15, 0.2) is 24.3 Å². The molecule has 2 aliphatic rings. The summed E-state index contributed by atoms with van der Waals surface area (Å²) in [7, 11) is 0. The van der Waals surface area contributed by atoms with Gasteiger partial charge in [0.15, 0.2) is 0 Å². The first-order valence-electron chi connectivity index (χ1n) is 7.48. The van der Waals surface area contributed by atoms with Crippen LogP contribution in [0.1, 0.15) is 30.4 Å². The molecule has 116 valence electrons. The maximum atomic E-state index is 12.2. The van der Waals surface area contributed by atoms with E-state index >= 15 is 0 Å². The van der Waals surface area contributed by atoms with Crippen LogP contribution in [0.3, 0.4) is 0 Å². The molecule has 1 aromatic rings. The predicted octanol–water partition coefficient (Wildman–Crippen LogP) is 0.592. The molecule has 0 radical (unpaired) electrons. The quantitative estimate of drug-likeness (QED) is 0.758. The van der Waals surface area contributed by atoms with E-state index in [2.05, 4.69) is 17.4 Å². The topological polar surface area (TPSA) is 101 Å². The molecule has 4 N–H and O–H groups in total. The van der Waals surface area contributed by atoms with Crippen LogP contribution in [0.2, 0.25) is 0 Å². The Kier molecular flexibility index (Phi) is 3.60. The Morgan fingerprint density at radius 1 is 1.27 bits per heavy atom. The Balaban J connectivity index is 1.52. The molecule has 4 amide bonds. The van der Waals surface area contributed by atoms with Gasteiger partial charge in [-0.15, -0.1) is 0 Å². The predicted molar refractivity (Wildman–Crippen MR) is 79.9 cm³/mol. The summed E-state index contributed by atoms with van der Waals surface area (Å²) in [4.78, 5) is 34.0. The van der Waals surface area contributed by atoms with Gasteiger partial charge in [-0.25, -0.2) is 4.79 Å². The summed E-state index contributed by atoms with van der Waals surface area (Å²) in [5, 5.41) is 4.75. The number of urea groups is 1. The Bertz CT molecular complexity index is 643. The third kappa shape index (κ3) is 2.56. The fourth-order valence-electron chi connectivity index (χ4n) is 3.56. The number of hydrogen-bond acceptors (Lipinski definition) is 3. The van der Waals surface area contributed by atoms with Gasteiger partial charge in [0.05, 0.1) is 0 Å². The van der Waals surface area contributed by atoms with Crippen molar-refractivity contribution in [1.82, 2.24) is 10.6 Å². The van der Waals surface area contributed by atoms with Gasteiger partial charge in [-0.1, -0.05) is 24.3 Å². The highest BCUT2D eigenvalue weighted by atomic mass is 16.2. The van der Waals surface area contributed by atoms with Crippen molar-refractivity contribution in [2.75, 3.05) is 6.54 Å². The van der Waals surface area contributed by atoms with Crippen LogP contribution in [-0.4, -0.2) is 24.4 Å². The number of nitrogens with one attached hydrogen (secondary N) is 2. The highest BCUT2D eigenvalue weighted by molar-refractivity contribution is 5.93. The third-order valence-electron chi connectivity index (χ3n) is 4.70. The number of nitrogens with two attached hydrogens (primary N) is 1. The lowest BCUT2D eigenvalue weighted by Gasteiger charge is -2.11. The van der Waals surface area contributed by atoms with Crippen molar-refractivity contribution in [3.05, 3.63) is 35.4 Å². The minimum atomic E-state index is -0.875.